The number of aromatic nitrogens is 1. The summed E-state index contributed by atoms with van der Waals surface area (Å²) < 4.78 is 1.05. The number of hydrogen-bond donors (Lipinski definition) is 1. The smallest absolute Gasteiger partial charge is 0.128 e. The molecule has 0 unspecified atom stereocenters. The SMILES string of the molecule is Cc1cc(N2CC(C)(N)C2)ncc1Br. The lowest BCUT2D eigenvalue weighted by atomic mass is 9.94. The Morgan fingerprint density at radius 2 is 2.21 bits per heavy atom. The summed E-state index contributed by atoms with van der Waals surface area (Å²) in [6, 6.07) is 2.08. The molecule has 0 aliphatic carbocycles. The largest absolute Gasteiger partial charge is 0.353 e. The van der Waals surface area contributed by atoms with Crippen molar-refractivity contribution in [1.29, 1.82) is 0 Å². The molecule has 2 heterocycles. The number of rotatable bonds is 1. The lowest BCUT2D eigenvalue weighted by Gasteiger charge is -2.46. The third kappa shape index (κ3) is 1.77. The van der Waals surface area contributed by atoms with Crippen molar-refractivity contribution in [3.8, 4) is 0 Å². The standard InChI is InChI=1S/C10H14BrN3/c1-7-3-9(13-4-8(7)11)14-5-10(2,12)6-14/h3-4H,5-6,12H2,1-2H3. The van der Waals surface area contributed by atoms with Gasteiger partial charge in [-0.15, -0.1) is 0 Å². The van der Waals surface area contributed by atoms with Crippen molar-refractivity contribution in [2.45, 2.75) is 19.4 Å². The molecule has 1 aromatic heterocycles. The van der Waals surface area contributed by atoms with E-state index in [0.717, 1.165) is 23.4 Å². The Morgan fingerprint density at radius 3 is 2.71 bits per heavy atom. The Hall–Kier alpha value is -0.610. The molecule has 14 heavy (non-hydrogen) atoms. The quantitative estimate of drug-likeness (QED) is 0.831. The van der Waals surface area contributed by atoms with Gasteiger partial charge in [0.05, 0.1) is 0 Å². The maximum Gasteiger partial charge on any atom is 0.128 e. The normalized spacial score (nSPS) is 19.3. The van der Waals surface area contributed by atoms with Crippen molar-refractivity contribution < 1.29 is 0 Å². The van der Waals surface area contributed by atoms with Gasteiger partial charge in [0.25, 0.3) is 0 Å². The van der Waals surface area contributed by atoms with Gasteiger partial charge >= 0.3 is 0 Å². The summed E-state index contributed by atoms with van der Waals surface area (Å²) in [5.74, 6) is 1.02. The number of aryl methyl sites for hydroxylation is 1. The number of nitrogens with zero attached hydrogens (tertiary/aromatic N) is 2. The van der Waals surface area contributed by atoms with Gasteiger partial charge in [-0.25, -0.2) is 4.98 Å². The van der Waals surface area contributed by atoms with Gasteiger partial charge < -0.3 is 10.6 Å². The topological polar surface area (TPSA) is 42.1 Å². The van der Waals surface area contributed by atoms with Crippen LogP contribution in [0.25, 0.3) is 0 Å². The number of nitrogens with two attached hydrogens (primary N) is 1. The molecule has 1 aliphatic rings. The molecule has 2 N–H and O–H groups in total. The van der Waals surface area contributed by atoms with Crippen LogP contribution in [0.5, 0.6) is 0 Å². The molecule has 0 bridgehead atoms. The number of hydrogen-bond acceptors (Lipinski definition) is 3. The summed E-state index contributed by atoms with van der Waals surface area (Å²) in [5, 5.41) is 0. The Bertz CT molecular complexity index is 354. The molecule has 0 atom stereocenters. The lowest BCUT2D eigenvalue weighted by molar-refractivity contribution is 0.363. The first-order valence-electron chi connectivity index (χ1n) is 4.64. The lowest BCUT2D eigenvalue weighted by Crippen LogP contribution is -2.65. The van der Waals surface area contributed by atoms with Gasteiger partial charge in [0.2, 0.25) is 0 Å². The average molecular weight is 256 g/mol. The van der Waals surface area contributed by atoms with Gasteiger partial charge in [-0.1, -0.05) is 0 Å². The van der Waals surface area contributed by atoms with E-state index in [1.807, 2.05) is 6.20 Å². The second-order valence-electron chi connectivity index (χ2n) is 4.30. The first-order valence-corrected chi connectivity index (χ1v) is 5.43. The number of anilines is 1. The fourth-order valence-corrected chi connectivity index (χ4v) is 1.90. The van der Waals surface area contributed by atoms with Crippen molar-refractivity contribution in [3.63, 3.8) is 0 Å². The third-order valence-electron chi connectivity index (χ3n) is 2.46. The highest BCUT2D eigenvalue weighted by Gasteiger charge is 2.35. The molecule has 0 spiro atoms. The van der Waals surface area contributed by atoms with E-state index in [4.69, 9.17) is 5.73 Å². The van der Waals surface area contributed by atoms with E-state index in [1.54, 1.807) is 0 Å². The predicted octanol–water partition coefficient (Wildman–Crippen LogP) is 1.69. The highest BCUT2D eigenvalue weighted by atomic mass is 79.9. The van der Waals surface area contributed by atoms with Gasteiger partial charge in [0.15, 0.2) is 0 Å². The number of halogens is 1. The summed E-state index contributed by atoms with van der Waals surface area (Å²) in [5.41, 5.74) is 7.11. The van der Waals surface area contributed by atoms with Gasteiger partial charge in [-0.3, -0.25) is 0 Å². The summed E-state index contributed by atoms with van der Waals surface area (Å²) >= 11 is 3.44. The highest BCUT2D eigenvalue weighted by molar-refractivity contribution is 9.10. The molecule has 0 radical (unpaired) electrons. The molecule has 0 saturated carbocycles. The fourth-order valence-electron chi connectivity index (χ4n) is 1.69. The zero-order valence-corrected chi connectivity index (χ0v) is 10.0. The van der Waals surface area contributed by atoms with Crippen molar-refractivity contribution in [2.24, 2.45) is 5.73 Å². The zero-order chi connectivity index (χ0) is 10.3. The van der Waals surface area contributed by atoms with Crippen molar-refractivity contribution in [1.82, 2.24) is 4.98 Å². The Balaban J connectivity index is 2.16. The maximum absolute atomic E-state index is 5.94. The highest BCUT2D eigenvalue weighted by Crippen LogP contribution is 2.26. The molecular formula is C10H14BrN3. The molecule has 1 fully saturated rings. The van der Waals surface area contributed by atoms with Crippen molar-refractivity contribution in [3.05, 3.63) is 22.3 Å². The minimum Gasteiger partial charge on any atom is -0.353 e. The van der Waals surface area contributed by atoms with Crippen LogP contribution in [0.3, 0.4) is 0 Å². The average Bonchev–Trinajstić information content (AvgIpc) is 2.06. The van der Waals surface area contributed by atoms with Crippen LogP contribution in [0.15, 0.2) is 16.7 Å². The minimum absolute atomic E-state index is 0.0390. The minimum atomic E-state index is -0.0390. The first kappa shape index (κ1) is 9.93. The summed E-state index contributed by atoms with van der Waals surface area (Å²) in [6.07, 6.45) is 1.84. The van der Waals surface area contributed by atoms with Crippen LogP contribution in [0.4, 0.5) is 5.82 Å². The second-order valence-corrected chi connectivity index (χ2v) is 5.16. The molecule has 2 rings (SSSR count). The van der Waals surface area contributed by atoms with Crippen molar-refractivity contribution >= 4 is 21.7 Å². The monoisotopic (exact) mass is 255 g/mol. The summed E-state index contributed by atoms with van der Waals surface area (Å²) in [6.45, 7) is 5.91. The molecule has 0 amide bonds. The molecule has 76 valence electrons. The van der Waals surface area contributed by atoms with Gasteiger partial charge in [-0.05, 0) is 41.4 Å². The van der Waals surface area contributed by atoms with Gasteiger partial charge in [-0.2, -0.15) is 0 Å². The molecule has 1 aromatic rings. The van der Waals surface area contributed by atoms with Crippen LogP contribution in [0.2, 0.25) is 0 Å². The van der Waals surface area contributed by atoms with E-state index in [0.29, 0.717) is 0 Å². The van der Waals surface area contributed by atoms with Crippen LogP contribution in [-0.2, 0) is 0 Å². The summed E-state index contributed by atoms with van der Waals surface area (Å²) in [7, 11) is 0. The maximum atomic E-state index is 5.94. The van der Waals surface area contributed by atoms with E-state index in [2.05, 4.69) is 45.7 Å². The Labute approximate surface area is 92.4 Å². The number of pyridine rings is 1. The van der Waals surface area contributed by atoms with Crippen LogP contribution in [0.1, 0.15) is 12.5 Å². The molecule has 1 saturated heterocycles. The van der Waals surface area contributed by atoms with E-state index in [9.17, 15) is 0 Å². The predicted molar refractivity (Wildman–Crippen MR) is 61.5 cm³/mol. The second kappa shape index (κ2) is 3.21. The molecular weight excluding hydrogens is 242 g/mol. The van der Waals surface area contributed by atoms with Crippen LogP contribution in [-0.4, -0.2) is 23.6 Å². The Kier molecular flexibility index (Phi) is 2.27. The third-order valence-corrected chi connectivity index (χ3v) is 3.29. The van der Waals surface area contributed by atoms with Crippen LogP contribution < -0.4 is 10.6 Å². The van der Waals surface area contributed by atoms with Crippen LogP contribution in [0, 0.1) is 6.92 Å². The molecule has 0 aromatic carbocycles. The molecule has 3 nitrogen and oxygen atoms in total. The fraction of sp³-hybridized carbons (Fsp3) is 0.500. The van der Waals surface area contributed by atoms with E-state index < -0.39 is 0 Å². The van der Waals surface area contributed by atoms with E-state index in [-0.39, 0.29) is 5.54 Å². The molecule has 4 heteroatoms. The van der Waals surface area contributed by atoms with Gasteiger partial charge in [0.1, 0.15) is 5.82 Å². The van der Waals surface area contributed by atoms with Crippen molar-refractivity contribution in [2.75, 3.05) is 18.0 Å². The first-order chi connectivity index (χ1) is 6.48. The van der Waals surface area contributed by atoms with Gasteiger partial charge in [0, 0.05) is 29.3 Å². The molecule has 1 aliphatic heterocycles. The summed E-state index contributed by atoms with van der Waals surface area (Å²) in [4.78, 5) is 6.54. The zero-order valence-electron chi connectivity index (χ0n) is 8.42. The van der Waals surface area contributed by atoms with E-state index >= 15 is 0 Å². The van der Waals surface area contributed by atoms with E-state index in [1.165, 1.54) is 5.56 Å². The Morgan fingerprint density at radius 1 is 1.57 bits per heavy atom. The van der Waals surface area contributed by atoms with Crippen LogP contribution >= 0.6 is 15.9 Å².